The number of hydrogen-bond acceptors (Lipinski definition) is 5. The SMILES string of the molecule is O=C(CNc1cccc2ccccc12)N/N=C\c1ccc(OC(=O)c2ccccc2)cc1. The minimum absolute atomic E-state index is 0.0969. The van der Waals surface area contributed by atoms with Gasteiger partial charge in [0.05, 0.1) is 18.3 Å². The van der Waals surface area contributed by atoms with E-state index in [2.05, 4.69) is 15.8 Å². The zero-order valence-electron chi connectivity index (χ0n) is 17.2. The molecule has 2 N–H and O–H groups in total. The summed E-state index contributed by atoms with van der Waals surface area (Å²) in [6.07, 6.45) is 1.53. The van der Waals surface area contributed by atoms with Gasteiger partial charge in [-0.25, -0.2) is 10.2 Å². The lowest BCUT2D eigenvalue weighted by Gasteiger charge is -2.08. The number of fused-ring (bicyclic) bond motifs is 1. The van der Waals surface area contributed by atoms with Gasteiger partial charge in [-0.15, -0.1) is 0 Å². The first-order chi connectivity index (χ1) is 15.7. The average molecular weight is 423 g/mol. The van der Waals surface area contributed by atoms with Gasteiger partial charge in [0.1, 0.15) is 5.75 Å². The van der Waals surface area contributed by atoms with Gasteiger partial charge in [-0.1, -0.05) is 54.6 Å². The van der Waals surface area contributed by atoms with Gasteiger partial charge >= 0.3 is 5.97 Å². The van der Waals surface area contributed by atoms with Crippen molar-refractivity contribution in [2.24, 2.45) is 5.10 Å². The van der Waals surface area contributed by atoms with Crippen molar-refractivity contribution in [1.82, 2.24) is 5.43 Å². The molecule has 0 fully saturated rings. The van der Waals surface area contributed by atoms with Crippen LogP contribution in [0, 0.1) is 0 Å². The molecule has 1 amide bonds. The largest absolute Gasteiger partial charge is 0.423 e. The Hall–Kier alpha value is -4.45. The molecule has 0 spiro atoms. The van der Waals surface area contributed by atoms with Gasteiger partial charge < -0.3 is 10.1 Å². The Balaban J connectivity index is 1.27. The van der Waals surface area contributed by atoms with Crippen molar-refractivity contribution in [1.29, 1.82) is 0 Å². The first-order valence-electron chi connectivity index (χ1n) is 10.1. The highest BCUT2D eigenvalue weighted by Gasteiger charge is 2.07. The Morgan fingerprint density at radius 3 is 2.34 bits per heavy atom. The third kappa shape index (κ3) is 5.37. The number of nitrogens with one attached hydrogen (secondary N) is 2. The molecule has 0 radical (unpaired) electrons. The molecule has 0 aliphatic heterocycles. The van der Waals surface area contributed by atoms with E-state index in [1.807, 2.05) is 48.5 Å². The molecule has 158 valence electrons. The molecule has 4 aromatic rings. The fourth-order valence-electron chi connectivity index (χ4n) is 3.14. The lowest BCUT2D eigenvalue weighted by molar-refractivity contribution is -0.119. The van der Waals surface area contributed by atoms with Crippen molar-refractivity contribution < 1.29 is 14.3 Å². The fourth-order valence-corrected chi connectivity index (χ4v) is 3.14. The van der Waals surface area contributed by atoms with Crippen molar-refractivity contribution in [3.05, 3.63) is 108 Å². The lowest BCUT2D eigenvalue weighted by Crippen LogP contribution is -2.25. The third-order valence-corrected chi connectivity index (χ3v) is 4.73. The minimum Gasteiger partial charge on any atom is -0.423 e. The number of hydrazone groups is 1. The Labute approximate surface area is 185 Å². The zero-order chi connectivity index (χ0) is 22.2. The van der Waals surface area contributed by atoms with Gasteiger partial charge in [0.25, 0.3) is 5.91 Å². The number of carbonyl (C=O) groups excluding carboxylic acids is 2. The molecule has 0 heterocycles. The van der Waals surface area contributed by atoms with Crippen LogP contribution in [-0.2, 0) is 4.79 Å². The topological polar surface area (TPSA) is 79.8 Å². The maximum Gasteiger partial charge on any atom is 0.343 e. The zero-order valence-corrected chi connectivity index (χ0v) is 17.2. The van der Waals surface area contributed by atoms with E-state index in [0.29, 0.717) is 11.3 Å². The van der Waals surface area contributed by atoms with Gasteiger partial charge in [0.2, 0.25) is 0 Å². The summed E-state index contributed by atoms with van der Waals surface area (Å²) in [7, 11) is 0. The Morgan fingerprint density at radius 1 is 0.812 bits per heavy atom. The molecule has 0 saturated carbocycles. The van der Waals surface area contributed by atoms with E-state index in [9.17, 15) is 9.59 Å². The number of amides is 1. The summed E-state index contributed by atoms with van der Waals surface area (Å²) in [4.78, 5) is 24.2. The average Bonchev–Trinajstić information content (AvgIpc) is 2.84. The van der Waals surface area contributed by atoms with Gasteiger partial charge in [0, 0.05) is 11.1 Å². The number of benzene rings is 4. The van der Waals surface area contributed by atoms with Crippen molar-refractivity contribution >= 4 is 34.6 Å². The van der Waals surface area contributed by atoms with Crippen LogP contribution in [0.5, 0.6) is 5.75 Å². The summed E-state index contributed by atoms with van der Waals surface area (Å²) < 4.78 is 5.34. The molecule has 0 aromatic heterocycles. The predicted molar refractivity (Wildman–Crippen MR) is 126 cm³/mol. The van der Waals surface area contributed by atoms with Crippen molar-refractivity contribution in [2.75, 3.05) is 11.9 Å². The van der Waals surface area contributed by atoms with E-state index < -0.39 is 5.97 Å². The summed E-state index contributed by atoms with van der Waals surface area (Å²) in [6, 6.07) is 29.5. The van der Waals surface area contributed by atoms with E-state index in [0.717, 1.165) is 22.0 Å². The maximum atomic E-state index is 12.1. The Bertz CT molecular complexity index is 1250. The number of nitrogens with zero attached hydrogens (tertiary/aromatic N) is 1. The molecular weight excluding hydrogens is 402 g/mol. The highest BCUT2D eigenvalue weighted by atomic mass is 16.5. The highest BCUT2D eigenvalue weighted by molar-refractivity contribution is 5.95. The van der Waals surface area contributed by atoms with Gasteiger partial charge in [-0.2, -0.15) is 5.10 Å². The summed E-state index contributed by atoms with van der Waals surface area (Å²) in [5.41, 5.74) is 4.63. The second-order valence-corrected chi connectivity index (χ2v) is 7.00. The van der Waals surface area contributed by atoms with E-state index in [-0.39, 0.29) is 12.5 Å². The van der Waals surface area contributed by atoms with Gasteiger partial charge in [0.15, 0.2) is 0 Å². The van der Waals surface area contributed by atoms with Crippen LogP contribution in [0.15, 0.2) is 102 Å². The molecule has 6 heteroatoms. The summed E-state index contributed by atoms with van der Waals surface area (Å²) in [6.45, 7) is 0.0969. The lowest BCUT2D eigenvalue weighted by atomic mass is 10.1. The summed E-state index contributed by atoms with van der Waals surface area (Å²) in [5, 5.41) is 9.28. The van der Waals surface area contributed by atoms with E-state index in [1.165, 1.54) is 6.21 Å². The first-order valence-corrected chi connectivity index (χ1v) is 10.1. The van der Waals surface area contributed by atoms with Crippen LogP contribution in [0.3, 0.4) is 0 Å². The second kappa shape index (κ2) is 10.0. The number of esters is 1. The molecule has 0 aliphatic carbocycles. The maximum absolute atomic E-state index is 12.1. The molecule has 0 unspecified atom stereocenters. The summed E-state index contributed by atoms with van der Waals surface area (Å²) in [5.74, 6) is -0.250. The smallest absolute Gasteiger partial charge is 0.343 e. The number of anilines is 1. The third-order valence-electron chi connectivity index (χ3n) is 4.73. The molecule has 6 nitrogen and oxygen atoms in total. The van der Waals surface area contributed by atoms with E-state index in [4.69, 9.17) is 4.74 Å². The van der Waals surface area contributed by atoms with Crippen LogP contribution in [0.1, 0.15) is 15.9 Å². The molecule has 0 atom stereocenters. The number of ether oxygens (including phenoxy) is 1. The molecule has 4 aromatic carbocycles. The monoisotopic (exact) mass is 423 g/mol. The fraction of sp³-hybridized carbons (Fsp3) is 0.0385. The van der Waals surface area contributed by atoms with Crippen LogP contribution in [0.2, 0.25) is 0 Å². The standard InChI is InChI=1S/C26H21N3O3/c30-25(18-27-24-12-6-10-20-7-4-5-11-23(20)24)29-28-17-19-13-15-22(16-14-19)32-26(31)21-8-2-1-3-9-21/h1-17,27H,18H2,(H,29,30)/b28-17-. The van der Waals surface area contributed by atoms with Crippen molar-refractivity contribution in [3.63, 3.8) is 0 Å². The molecule has 0 bridgehead atoms. The Kier molecular flexibility index (Phi) is 6.53. The van der Waals surface area contributed by atoms with Gasteiger partial charge in [-0.05, 0) is 53.4 Å². The van der Waals surface area contributed by atoms with Crippen molar-refractivity contribution in [2.45, 2.75) is 0 Å². The van der Waals surface area contributed by atoms with Crippen LogP contribution in [0.25, 0.3) is 10.8 Å². The van der Waals surface area contributed by atoms with Crippen LogP contribution >= 0.6 is 0 Å². The number of rotatable bonds is 7. The van der Waals surface area contributed by atoms with Gasteiger partial charge in [-0.3, -0.25) is 4.79 Å². The molecule has 32 heavy (non-hydrogen) atoms. The minimum atomic E-state index is -0.419. The predicted octanol–water partition coefficient (Wildman–Crippen LogP) is 4.62. The Morgan fingerprint density at radius 2 is 1.53 bits per heavy atom. The van der Waals surface area contributed by atoms with Crippen molar-refractivity contribution in [3.8, 4) is 5.75 Å². The highest BCUT2D eigenvalue weighted by Crippen LogP contribution is 2.22. The molecule has 4 rings (SSSR count). The summed E-state index contributed by atoms with van der Waals surface area (Å²) >= 11 is 0. The molecule has 0 aliphatic rings. The van der Waals surface area contributed by atoms with Crippen LogP contribution in [-0.4, -0.2) is 24.6 Å². The second-order valence-electron chi connectivity index (χ2n) is 7.00. The van der Waals surface area contributed by atoms with Crippen LogP contribution < -0.4 is 15.5 Å². The first kappa shape index (κ1) is 20.8. The normalized spacial score (nSPS) is 10.8. The number of hydrogen-bond donors (Lipinski definition) is 2. The van der Waals surface area contributed by atoms with Crippen LogP contribution in [0.4, 0.5) is 5.69 Å². The quantitative estimate of drug-likeness (QED) is 0.197. The molecular formula is C26H21N3O3. The number of carbonyl (C=O) groups is 2. The van der Waals surface area contributed by atoms with E-state index in [1.54, 1.807) is 48.5 Å². The molecule has 0 saturated heterocycles. The van der Waals surface area contributed by atoms with E-state index >= 15 is 0 Å².